The average Bonchev–Trinajstić information content (AvgIpc) is 3.49. The first kappa shape index (κ1) is 22.9. The van der Waals surface area contributed by atoms with E-state index in [-0.39, 0.29) is 18.8 Å². The van der Waals surface area contributed by atoms with Crippen LogP contribution in [0.4, 0.5) is 5.13 Å². The zero-order chi connectivity index (χ0) is 23.7. The summed E-state index contributed by atoms with van der Waals surface area (Å²) in [4.78, 5) is 19.0. The van der Waals surface area contributed by atoms with Crippen LogP contribution in [0.5, 0.6) is 0 Å². The van der Waals surface area contributed by atoms with Gasteiger partial charge in [0.2, 0.25) is 5.91 Å². The van der Waals surface area contributed by atoms with Crippen molar-refractivity contribution in [3.8, 4) is 0 Å². The molecule has 2 aromatic carbocycles. The van der Waals surface area contributed by atoms with Crippen molar-refractivity contribution in [1.29, 1.82) is 0 Å². The SMILES string of the molecule is O=C(Cn1ccc2ccc(Cl)cc21)N1CCC(c2ccc(S(=O)(=O)Nc3nccs3)cc2)CC1.[HH]. The monoisotopic (exact) mass is 516 g/mol. The third-order valence-corrected chi connectivity index (χ3v) is 8.61. The van der Waals surface area contributed by atoms with Crippen LogP contribution in [-0.4, -0.2) is 41.9 Å². The Labute approximate surface area is 208 Å². The van der Waals surface area contributed by atoms with Crippen molar-refractivity contribution in [2.45, 2.75) is 30.2 Å². The lowest BCUT2D eigenvalue weighted by molar-refractivity contribution is -0.132. The molecule has 0 unspecified atom stereocenters. The van der Waals surface area contributed by atoms with Crippen molar-refractivity contribution in [3.05, 3.63) is 76.9 Å². The van der Waals surface area contributed by atoms with Crippen molar-refractivity contribution < 1.29 is 14.6 Å². The van der Waals surface area contributed by atoms with Crippen LogP contribution in [0.15, 0.2) is 71.2 Å². The highest BCUT2D eigenvalue weighted by Gasteiger charge is 2.25. The first-order valence-corrected chi connectivity index (χ1v) is 13.7. The molecule has 1 fully saturated rings. The van der Waals surface area contributed by atoms with E-state index in [2.05, 4.69) is 9.71 Å². The van der Waals surface area contributed by atoms with Crippen molar-refractivity contribution in [2.75, 3.05) is 17.8 Å². The Kier molecular flexibility index (Phi) is 6.33. The molecule has 0 atom stereocenters. The van der Waals surface area contributed by atoms with Gasteiger partial charge in [-0.25, -0.2) is 13.4 Å². The largest absolute Gasteiger partial charge is 0.341 e. The minimum absolute atomic E-state index is 0. The number of fused-ring (bicyclic) bond motifs is 1. The quantitative estimate of drug-likeness (QED) is 0.381. The number of hydrogen-bond acceptors (Lipinski definition) is 5. The van der Waals surface area contributed by atoms with E-state index in [0.29, 0.717) is 29.2 Å². The third-order valence-electron chi connectivity index (χ3n) is 6.21. The number of amides is 1. The number of hydrogen-bond donors (Lipinski definition) is 1. The number of anilines is 1. The molecule has 0 aliphatic carbocycles. The van der Waals surface area contributed by atoms with E-state index in [0.717, 1.165) is 29.3 Å². The van der Waals surface area contributed by atoms with Crippen LogP contribution in [0.3, 0.4) is 0 Å². The molecule has 1 aliphatic heterocycles. The minimum Gasteiger partial charge on any atom is -0.341 e. The smallest absolute Gasteiger partial charge is 0.263 e. The molecule has 0 saturated carbocycles. The summed E-state index contributed by atoms with van der Waals surface area (Å²) in [5.41, 5.74) is 2.04. The van der Waals surface area contributed by atoms with E-state index in [4.69, 9.17) is 11.6 Å². The lowest BCUT2D eigenvalue weighted by Crippen LogP contribution is -2.39. The molecule has 0 bridgehead atoms. The lowest BCUT2D eigenvalue weighted by atomic mass is 9.89. The van der Waals surface area contributed by atoms with Gasteiger partial charge in [-0.2, -0.15) is 0 Å². The summed E-state index contributed by atoms with van der Waals surface area (Å²) in [6.45, 7) is 1.64. The molecule has 5 rings (SSSR count). The Bertz CT molecular complexity index is 1420. The number of carbonyl (C=O) groups excluding carboxylic acids is 1. The van der Waals surface area contributed by atoms with E-state index in [9.17, 15) is 13.2 Å². The van der Waals surface area contributed by atoms with Crippen LogP contribution >= 0.6 is 22.9 Å². The summed E-state index contributed by atoms with van der Waals surface area (Å²) in [6.07, 6.45) is 5.16. The summed E-state index contributed by atoms with van der Waals surface area (Å²) in [5, 5.41) is 3.77. The van der Waals surface area contributed by atoms with Crippen LogP contribution < -0.4 is 4.72 Å². The van der Waals surface area contributed by atoms with Crippen molar-refractivity contribution in [1.82, 2.24) is 14.5 Å². The number of halogens is 1. The second kappa shape index (κ2) is 9.40. The van der Waals surface area contributed by atoms with Crippen LogP contribution in [0.2, 0.25) is 5.02 Å². The molecule has 1 amide bonds. The highest BCUT2D eigenvalue weighted by Crippen LogP contribution is 2.30. The number of rotatable bonds is 6. The number of piperidine rings is 1. The predicted octanol–water partition coefficient (Wildman–Crippen LogP) is 5.20. The number of benzene rings is 2. The molecule has 7 nitrogen and oxygen atoms in total. The first-order valence-electron chi connectivity index (χ1n) is 10.9. The number of thiazole rings is 1. The maximum Gasteiger partial charge on any atom is 0.263 e. The Morgan fingerprint density at radius 1 is 1.15 bits per heavy atom. The molecule has 2 aromatic heterocycles. The van der Waals surface area contributed by atoms with Gasteiger partial charge in [-0.3, -0.25) is 9.52 Å². The fraction of sp³-hybridized carbons (Fsp3) is 0.250. The molecule has 10 heteroatoms. The van der Waals surface area contributed by atoms with E-state index in [1.54, 1.807) is 23.7 Å². The zero-order valence-corrected chi connectivity index (χ0v) is 20.6. The van der Waals surface area contributed by atoms with Gasteiger partial charge in [0, 0.05) is 42.8 Å². The van der Waals surface area contributed by atoms with Gasteiger partial charge in [-0.1, -0.05) is 29.8 Å². The number of likely N-dealkylation sites (tertiary alicyclic amines) is 1. The molecule has 3 heterocycles. The normalized spacial score (nSPS) is 15.0. The fourth-order valence-electron chi connectivity index (χ4n) is 4.37. The molecule has 1 N–H and O–H groups in total. The predicted molar refractivity (Wildman–Crippen MR) is 137 cm³/mol. The first-order chi connectivity index (χ1) is 16.4. The van der Waals surface area contributed by atoms with Crippen molar-refractivity contribution >= 4 is 54.9 Å². The van der Waals surface area contributed by atoms with Gasteiger partial charge in [-0.15, -0.1) is 11.3 Å². The maximum absolute atomic E-state index is 12.9. The van der Waals surface area contributed by atoms with Crippen LogP contribution in [0.25, 0.3) is 10.9 Å². The van der Waals surface area contributed by atoms with Gasteiger partial charge >= 0.3 is 0 Å². The van der Waals surface area contributed by atoms with E-state index in [1.807, 2.05) is 52.1 Å². The van der Waals surface area contributed by atoms with E-state index in [1.165, 1.54) is 11.3 Å². The number of carbonyl (C=O) groups is 1. The van der Waals surface area contributed by atoms with Gasteiger partial charge in [0.1, 0.15) is 6.54 Å². The van der Waals surface area contributed by atoms with Crippen LogP contribution in [-0.2, 0) is 21.4 Å². The standard InChI is InChI=1S/C24H23ClN4O3S2.H2/c25-20-4-1-19-9-13-29(22(19)15-20)16-23(30)28-11-7-18(8-12-28)17-2-5-21(6-3-17)34(31,32)27-24-26-10-14-33-24;/h1-6,9-10,13-15,18H,7-8,11-12,16H2,(H,26,27);1H. The Morgan fingerprint density at radius 2 is 1.91 bits per heavy atom. The maximum atomic E-state index is 12.9. The number of nitrogens with one attached hydrogen (secondary N) is 1. The van der Waals surface area contributed by atoms with Crippen LogP contribution in [0, 0.1) is 0 Å². The van der Waals surface area contributed by atoms with Crippen molar-refractivity contribution in [2.24, 2.45) is 0 Å². The molecular formula is C24H25ClN4O3S2. The second-order valence-corrected chi connectivity index (χ2v) is 11.3. The molecule has 178 valence electrons. The molecule has 1 aliphatic rings. The highest BCUT2D eigenvalue weighted by atomic mass is 35.5. The van der Waals surface area contributed by atoms with Gasteiger partial charge in [0.15, 0.2) is 5.13 Å². The Balaban J connectivity index is 0.00000289. The molecule has 0 spiro atoms. The summed E-state index contributed by atoms with van der Waals surface area (Å²) in [6, 6.07) is 14.7. The minimum atomic E-state index is -3.66. The van der Waals surface area contributed by atoms with Gasteiger partial charge in [0.25, 0.3) is 10.0 Å². The number of sulfonamides is 1. The van der Waals surface area contributed by atoms with Gasteiger partial charge in [0.05, 0.1) is 4.90 Å². The fourth-order valence-corrected chi connectivity index (χ4v) is 6.32. The van der Waals surface area contributed by atoms with Gasteiger partial charge in [-0.05, 0) is 60.0 Å². The topological polar surface area (TPSA) is 84.3 Å². The van der Waals surface area contributed by atoms with E-state index < -0.39 is 10.0 Å². The van der Waals surface area contributed by atoms with Gasteiger partial charge < -0.3 is 9.47 Å². The zero-order valence-electron chi connectivity index (χ0n) is 18.2. The summed E-state index contributed by atoms with van der Waals surface area (Å²) < 4.78 is 29.5. The van der Waals surface area contributed by atoms with Crippen LogP contribution in [0.1, 0.15) is 25.7 Å². The second-order valence-electron chi connectivity index (χ2n) is 8.31. The van der Waals surface area contributed by atoms with E-state index >= 15 is 0 Å². The molecule has 34 heavy (non-hydrogen) atoms. The molecular weight excluding hydrogens is 492 g/mol. The summed E-state index contributed by atoms with van der Waals surface area (Å²) >= 11 is 7.36. The summed E-state index contributed by atoms with van der Waals surface area (Å²) in [5.74, 6) is 0.379. The average molecular weight is 517 g/mol. The summed E-state index contributed by atoms with van der Waals surface area (Å²) in [7, 11) is -3.66. The Morgan fingerprint density at radius 3 is 2.62 bits per heavy atom. The molecule has 1 saturated heterocycles. The van der Waals surface area contributed by atoms with Crippen molar-refractivity contribution in [3.63, 3.8) is 0 Å². The Hall–Kier alpha value is -2.88. The molecule has 4 aromatic rings. The number of nitrogens with zero attached hydrogens (tertiary/aromatic N) is 3. The third kappa shape index (κ3) is 4.82. The molecule has 0 radical (unpaired) electrons. The number of aromatic nitrogens is 2. The highest BCUT2D eigenvalue weighted by molar-refractivity contribution is 7.93. The lowest BCUT2D eigenvalue weighted by Gasteiger charge is -2.32.